The second-order valence-electron chi connectivity index (χ2n) is 6.40. The Balaban J connectivity index is 2.14. The normalized spacial score (nSPS) is 18.9. The fraction of sp³-hybridized carbons (Fsp3) is 0.238. The Morgan fingerprint density at radius 1 is 1.11 bits per heavy atom. The lowest BCUT2D eigenvalue weighted by atomic mass is 9.95. The second-order valence-corrected chi connectivity index (χ2v) is 7.32. The minimum atomic E-state index is -0.683. The van der Waals surface area contributed by atoms with Gasteiger partial charge in [-0.3, -0.25) is 9.59 Å². The lowest BCUT2D eigenvalue weighted by molar-refractivity contribution is -0.140. The van der Waals surface area contributed by atoms with Gasteiger partial charge in [-0.15, -0.1) is 0 Å². The highest BCUT2D eigenvalue weighted by molar-refractivity contribution is 9.10. The molecule has 1 atom stereocenters. The molecule has 27 heavy (non-hydrogen) atoms. The first-order valence-electron chi connectivity index (χ1n) is 8.54. The number of rotatable bonds is 5. The van der Waals surface area contributed by atoms with Gasteiger partial charge in [-0.25, -0.2) is 0 Å². The van der Waals surface area contributed by atoms with Crippen molar-refractivity contribution < 1.29 is 19.4 Å². The van der Waals surface area contributed by atoms with Crippen LogP contribution in [0.2, 0.25) is 0 Å². The molecule has 0 aliphatic carbocycles. The molecule has 1 aliphatic heterocycles. The summed E-state index contributed by atoms with van der Waals surface area (Å²) in [7, 11) is 1.54. The number of aryl methyl sites for hydroxylation is 1. The van der Waals surface area contributed by atoms with E-state index in [-0.39, 0.29) is 17.9 Å². The van der Waals surface area contributed by atoms with Gasteiger partial charge in [0.05, 0.1) is 18.2 Å². The number of hydrogen-bond acceptors (Lipinski definition) is 4. The van der Waals surface area contributed by atoms with Gasteiger partial charge in [0.15, 0.2) is 0 Å². The van der Waals surface area contributed by atoms with Crippen LogP contribution in [0.5, 0.6) is 0 Å². The van der Waals surface area contributed by atoms with Crippen LogP contribution in [-0.4, -0.2) is 42.0 Å². The molecule has 0 saturated carbocycles. The summed E-state index contributed by atoms with van der Waals surface area (Å²) in [4.78, 5) is 26.8. The van der Waals surface area contributed by atoms with Gasteiger partial charge >= 0.3 is 0 Å². The van der Waals surface area contributed by atoms with Crippen molar-refractivity contribution in [2.24, 2.45) is 0 Å². The minimum absolute atomic E-state index is 0.0993. The molecule has 1 aliphatic rings. The molecule has 2 aromatic rings. The largest absolute Gasteiger partial charge is 0.507 e. The number of carbonyl (C=O) groups excluding carboxylic acids is 2. The average molecular weight is 430 g/mol. The Morgan fingerprint density at radius 2 is 1.74 bits per heavy atom. The number of carbonyl (C=O) groups is 2. The zero-order chi connectivity index (χ0) is 19.6. The summed E-state index contributed by atoms with van der Waals surface area (Å²) < 4.78 is 5.98. The van der Waals surface area contributed by atoms with Gasteiger partial charge in [0, 0.05) is 23.7 Å². The van der Waals surface area contributed by atoms with Crippen LogP contribution in [0.1, 0.15) is 22.7 Å². The predicted molar refractivity (Wildman–Crippen MR) is 106 cm³/mol. The maximum absolute atomic E-state index is 12.8. The highest BCUT2D eigenvalue weighted by Gasteiger charge is 2.45. The quantitative estimate of drug-likeness (QED) is 0.445. The summed E-state index contributed by atoms with van der Waals surface area (Å²) in [5.41, 5.74) is 2.40. The molecule has 5 nitrogen and oxygen atoms in total. The third-order valence-electron chi connectivity index (χ3n) is 4.59. The molecule has 0 bridgehead atoms. The highest BCUT2D eigenvalue weighted by atomic mass is 79.9. The first kappa shape index (κ1) is 19.3. The van der Waals surface area contributed by atoms with Gasteiger partial charge in [0.25, 0.3) is 11.7 Å². The number of likely N-dealkylation sites (tertiary alicyclic amines) is 1. The van der Waals surface area contributed by atoms with Crippen LogP contribution in [0, 0.1) is 6.92 Å². The summed E-state index contributed by atoms with van der Waals surface area (Å²) in [5.74, 6) is -1.48. The van der Waals surface area contributed by atoms with E-state index in [9.17, 15) is 14.7 Å². The Labute approximate surface area is 166 Å². The van der Waals surface area contributed by atoms with Crippen LogP contribution >= 0.6 is 15.9 Å². The Kier molecular flexibility index (Phi) is 5.77. The molecule has 2 aromatic carbocycles. The number of methoxy groups -OCH3 is 1. The van der Waals surface area contributed by atoms with E-state index in [0.717, 1.165) is 15.6 Å². The molecule has 1 saturated heterocycles. The molecule has 1 N–H and O–H groups in total. The predicted octanol–water partition coefficient (Wildman–Crippen LogP) is 3.83. The topological polar surface area (TPSA) is 66.8 Å². The standard InChI is InChI=1S/C21H20BrNO4/c1-13-3-5-15(6-4-13)19(24)17-18(14-7-9-16(22)10-8-14)23(11-12-27-2)21(26)20(17)25/h3-10,18,24H,11-12H2,1-2H3. The monoisotopic (exact) mass is 429 g/mol. The van der Waals surface area contributed by atoms with Crippen molar-refractivity contribution in [3.8, 4) is 0 Å². The minimum Gasteiger partial charge on any atom is -0.507 e. The molecule has 1 fully saturated rings. The number of Topliss-reactive ketones (excluding diaryl/α,β-unsaturated/α-hetero) is 1. The van der Waals surface area contributed by atoms with Crippen molar-refractivity contribution in [3.05, 3.63) is 75.3 Å². The van der Waals surface area contributed by atoms with Crippen molar-refractivity contribution in [3.63, 3.8) is 0 Å². The van der Waals surface area contributed by atoms with Gasteiger partial charge in [0.2, 0.25) is 0 Å². The van der Waals surface area contributed by atoms with Crippen molar-refractivity contribution in [1.29, 1.82) is 0 Å². The molecule has 1 unspecified atom stereocenters. The number of hydrogen-bond donors (Lipinski definition) is 1. The number of aliphatic hydroxyl groups excluding tert-OH is 1. The first-order valence-corrected chi connectivity index (χ1v) is 9.33. The van der Waals surface area contributed by atoms with Gasteiger partial charge in [-0.2, -0.15) is 0 Å². The van der Waals surface area contributed by atoms with Gasteiger partial charge in [-0.1, -0.05) is 57.9 Å². The van der Waals surface area contributed by atoms with E-state index in [1.54, 1.807) is 12.1 Å². The summed E-state index contributed by atoms with van der Waals surface area (Å²) in [6.07, 6.45) is 0. The first-order chi connectivity index (χ1) is 12.9. The molecule has 0 radical (unpaired) electrons. The van der Waals surface area contributed by atoms with Crippen LogP contribution in [0.15, 0.2) is 58.6 Å². The summed E-state index contributed by atoms with van der Waals surface area (Å²) >= 11 is 3.39. The van der Waals surface area contributed by atoms with E-state index >= 15 is 0 Å². The van der Waals surface area contributed by atoms with Crippen LogP contribution in [0.4, 0.5) is 0 Å². The Morgan fingerprint density at radius 3 is 2.33 bits per heavy atom. The molecule has 0 spiro atoms. The second kappa shape index (κ2) is 8.06. The van der Waals surface area contributed by atoms with Gasteiger partial charge < -0.3 is 14.7 Å². The van der Waals surface area contributed by atoms with Crippen LogP contribution in [-0.2, 0) is 14.3 Å². The van der Waals surface area contributed by atoms with Crippen LogP contribution < -0.4 is 0 Å². The van der Waals surface area contributed by atoms with E-state index in [1.807, 2.05) is 43.3 Å². The number of aliphatic hydroxyl groups is 1. The third-order valence-corrected chi connectivity index (χ3v) is 5.12. The van der Waals surface area contributed by atoms with E-state index in [2.05, 4.69) is 15.9 Å². The summed E-state index contributed by atoms with van der Waals surface area (Å²) in [5, 5.41) is 10.9. The van der Waals surface area contributed by atoms with Crippen molar-refractivity contribution in [1.82, 2.24) is 4.90 Å². The smallest absolute Gasteiger partial charge is 0.295 e. The third kappa shape index (κ3) is 3.82. The zero-order valence-corrected chi connectivity index (χ0v) is 16.7. The number of ether oxygens (including phenoxy) is 1. The fourth-order valence-electron chi connectivity index (χ4n) is 3.16. The molecule has 0 aromatic heterocycles. The number of nitrogens with zero attached hydrogens (tertiary/aromatic N) is 1. The summed E-state index contributed by atoms with van der Waals surface area (Å²) in [6.45, 7) is 2.49. The Bertz CT molecular complexity index is 887. The van der Waals surface area contributed by atoms with E-state index in [1.165, 1.54) is 12.0 Å². The van der Waals surface area contributed by atoms with E-state index < -0.39 is 17.7 Å². The van der Waals surface area contributed by atoms with Crippen LogP contribution in [0.25, 0.3) is 5.76 Å². The summed E-state index contributed by atoms with van der Waals surface area (Å²) in [6, 6.07) is 13.9. The molecular formula is C21H20BrNO4. The van der Waals surface area contributed by atoms with Crippen molar-refractivity contribution in [2.75, 3.05) is 20.3 Å². The Hall–Kier alpha value is -2.44. The molecule has 1 heterocycles. The molecular weight excluding hydrogens is 410 g/mol. The lowest BCUT2D eigenvalue weighted by Crippen LogP contribution is -2.32. The highest BCUT2D eigenvalue weighted by Crippen LogP contribution is 2.39. The fourth-order valence-corrected chi connectivity index (χ4v) is 3.42. The van der Waals surface area contributed by atoms with Gasteiger partial charge in [0.1, 0.15) is 5.76 Å². The number of halogens is 1. The maximum Gasteiger partial charge on any atom is 0.295 e. The zero-order valence-electron chi connectivity index (χ0n) is 15.1. The van der Waals surface area contributed by atoms with Crippen molar-refractivity contribution >= 4 is 33.4 Å². The molecule has 6 heteroatoms. The van der Waals surface area contributed by atoms with Gasteiger partial charge in [-0.05, 0) is 24.6 Å². The average Bonchev–Trinajstić information content (AvgIpc) is 2.91. The molecule has 1 amide bonds. The van der Waals surface area contributed by atoms with Crippen molar-refractivity contribution in [2.45, 2.75) is 13.0 Å². The van der Waals surface area contributed by atoms with Crippen LogP contribution in [0.3, 0.4) is 0 Å². The number of benzene rings is 2. The maximum atomic E-state index is 12.8. The van der Waals surface area contributed by atoms with E-state index in [4.69, 9.17) is 4.74 Å². The molecule has 3 rings (SSSR count). The number of amides is 1. The lowest BCUT2D eigenvalue weighted by Gasteiger charge is -2.25. The SMILES string of the molecule is COCCN1C(=O)C(=O)C(=C(O)c2ccc(C)cc2)C1c1ccc(Br)cc1. The van der Waals surface area contributed by atoms with E-state index in [0.29, 0.717) is 12.2 Å². The molecule has 140 valence electrons. The number of ketones is 1.